The first kappa shape index (κ1) is 27.0. The van der Waals surface area contributed by atoms with Gasteiger partial charge in [0, 0.05) is 22.7 Å². The number of ketones is 1. The molecule has 0 aromatic heterocycles. The van der Waals surface area contributed by atoms with Crippen molar-refractivity contribution in [3.8, 4) is 0 Å². The minimum atomic E-state index is -5.17. The molecule has 0 spiro atoms. The Kier molecular flexibility index (Phi) is 6.83. The first-order chi connectivity index (χ1) is 18.4. The second kappa shape index (κ2) is 9.87. The minimum absolute atomic E-state index is 0.0259. The van der Waals surface area contributed by atoms with Crippen molar-refractivity contribution in [2.24, 2.45) is 0 Å². The summed E-state index contributed by atoms with van der Waals surface area (Å²) in [6.45, 7) is 6.37. The molecule has 2 atom stereocenters. The predicted octanol–water partition coefficient (Wildman–Crippen LogP) is 8.10. The van der Waals surface area contributed by atoms with E-state index in [9.17, 15) is 22.8 Å². The molecule has 1 amide bonds. The summed E-state index contributed by atoms with van der Waals surface area (Å²) in [5.74, 6) is -2.57. The molecule has 4 nitrogen and oxygen atoms in total. The summed E-state index contributed by atoms with van der Waals surface area (Å²) in [7, 11) is 0. The van der Waals surface area contributed by atoms with Crippen molar-refractivity contribution in [3.05, 3.63) is 106 Å². The molecule has 0 saturated carbocycles. The Bertz CT molecular complexity index is 1470. The van der Waals surface area contributed by atoms with E-state index in [1.54, 1.807) is 42.5 Å². The lowest BCUT2D eigenvalue weighted by atomic mass is 9.77. The molecule has 3 aromatic rings. The normalized spacial score (nSPS) is 19.7. The maximum Gasteiger partial charge on any atom is 0.471 e. The van der Waals surface area contributed by atoms with Crippen molar-refractivity contribution in [2.45, 2.75) is 57.2 Å². The fraction of sp³-hybridized carbons (Fsp3) is 0.290. The molecule has 0 fully saturated rings. The fourth-order valence-corrected chi connectivity index (χ4v) is 5.67. The summed E-state index contributed by atoms with van der Waals surface area (Å²) in [5.41, 5.74) is 3.32. The average Bonchev–Trinajstić information content (AvgIpc) is 3.02. The van der Waals surface area contributed by atoms with Crippen LogP contribution in [0.4, 0.5) is 24.5 Å². The van der Waals surface area contributed by atoms with Gasteiger partial charge in [-0.05, 0) is 52.6 Å². The summed E-state index contributed by atoms with van der Waals surface area (Å²) >= 11 is 6.50. The third-order valence-corrected chi connectivity index (χ3v) is 7.74. The number of amides is 1. The second-order valence-corrected chi connectivity index (χ2v) is 11.4. The molecule has 1 aliphatic heterocycles. The van der Waals surface area contributed by atoms with Gasteiger partial charge < -0.3 is 5.32 Å². The Labute approximate surface area is 230 Å². The highest BCUT2D eigenvalue weighted by Gasteiger charge is 2.50. The van der Waals surface area contributed by atoms with Gasteiger partial charge in [0.2, 0.25) is 0 Å². The van der Waals surface area contributed by atoms with E-state index in [-0.39, 0.29) is 45.4 Å². The Hall–Kier alpha value is -3.58. The SMILES string of the molecule is CC(C)(C)c1ccc(C2CC(=O)C3=C(C2)Nc2ccccc2N(C(=O)C(F)(F)F)C3c2ccccc2Cl)cc1. The molecule has 0 radical (unpaired) electrons. The maximum absolute atomic E-state index is 14.0. The highest BCUT2D eigenvalue weighted by Crippen LogP contribution is 2.49. The van der Waals surface area contributed by atoms with E-state index in [2.05, 4.69) is 38.2 Å². The van der Waals surface area contributed by atoms with Gasteiger partial charge in [-0.25, -0.2) is 0 Å². The summed E-state index contributed by atoms with van der Waals surface area (Å²) < 4.78 is 42.1. The van der Waals surface area contributed by atoms with Crippen LogP contribution < -0.4 is 10.2 Å². The van der Waals surface area contributed by atoms with Crippen molar-refractivity contribution >= 4 is 34.7 Å². The first-order valence-corrected chi connectivity index (χ1v) is 13.1. The molecule has 39 heavy (non-hydrogen) atoms. The zero-order valence-electron chi connectivity index (χ0n) is 21.8. The van der Waals surface area contributed by atoms with E-state index < -0.39 is 18.1 Å². The number of allylic oxidation sites excluding steroid dienone is 1. The summed E-state index contributed by atoms with van der Waals surface area (Å²) in [6.07, 6.45) is -4.69. The van der Waals surface area contributed by atoms with Crippen LogP contribution in [0.3, 0.4) is 0 Å². The summed E-state index contributed by atoms with van der Waals surface area (Å²) in [6, 6.07) is 19.5. The number of benzene rings is 3. The Balaban J connectivity index is 1.68. The third kappa shape index (κ3) is 5.08. The lowest BCUT2D eigenvalue weighted by Gasteiger charge is -2.35. The quantitative estimate of drug-likeness (QED) is 0.349. The fourth-order valence-electron chi connectivity index (χ4n) is 5.43. The van der Waals surface area contributed by atoms with Gasteiger partial charge in [0.1, 0.15) is 0 Å². The number of nitrogens with zero attached hydrogens (tertiary/aromatic N) is 1. The van der Waals surface area contributed by atoms with Gasteiger partial charge in [-0.1, -0.05) is 87.0 Å². The highest BCUT2D eigenvalue weighted by molar-refractivity contribution is 6.31. The van der Waals surface area contributed by atoms with Crippen LogP contribution in [-0.2, 0) is 15.0 Å². The van der Waals surface area contributed by atoms with Crippen molar-refractivity contribution in [1.82, 2.24) is 0 Å². The molecule has 2 aliphatic rings. The van der Waals surface area contributed by atoms with Gasteiger partial charge >= 0.3 is 12.1 Å². The Morgan fingerprint density at radius 1 is 0.923 bits per heavy atom. The number of Topliss-reactive ketones (excluding diaryl/α,β-unsaturated/α-hetero) is 1. The van der Waals surface area contributed by atoms with E-state index in [4.69, 9.17) is 11.6 Å². The summed E-state index contributed by atoms with van der Waals surface area (Å²) in [5, 5.41) is 3.41. The van der Waals surface area contributed by atoms with Crippen molar-refractivity contribution < 1.29 is 22.8 Å². The first-order valence-electron chi connectivity index (χ1n) is 12.7. The van der Waals surface area contributed by atoms with Crippen molar-refractivity contribution in [3.63, 3.8) is 0 Å². The molecular weight excluding hydrogens is 525 g/mol. The number of alkyl halides is 3. The van der Waals surface area contributed by atoms with Crippen LogP contribution in [0, 0.1) is 0 Å². The zero-order chi connectivity index (χ0) is 28.1. The minimum Gasteiger partial charge on any atom is -0.357 e. The van der Waals surface area contributed by atoms with Crippen LogP contribution in [0.2, 0.25) is 5.02 Å². The van der Waals surface area contributed by atoms with Gasteiger partial charge in [-0.2, -0.15) is 13.2 Å². The molecule has 8 heteroatoms. The topological polar surface area (TPSA) is 49.4 Å². The third-order valence-electron chi connectivity index (χ3n) is 7.40. The van der Waals surface area contributed by atoms with E-state index in [0.29, 0.717) is 22.7 Å². The molecule has 1 N–H and O–H groups in total. The number of rotatable bonds is 2. The van der Waals surface area contributed by atoms with Crippen molar-refractivity contribution in [1.29, 1.82) is 0 Å². The van der Waals surface area contributed by atoms with Gasteiger partial charge in [0.05, 0.1) is 17.4 Å². The van der Waals surface area contributed by atoms with Crippen LogP contribution in [0.25, 0.3) is 0 Å². The van der Waals surface area contributed by atoms with E-state index in [0.717, 1.165) is 11.1 Å². The number of anilines is 2. The zero-order valence-corrected chi connectivity index (χ0v) is 22.5. The smallest absolute Gasteiger partial charge is 0.357 e. The number of hydrogen-bond donors (Lipinski definition) is 1. The number of carbonyl (C=O) groups is 2. The molecule has 202 valence electrons. The van der Waals surface area contributed by atoms with Crippen LogP contribution >= 0.6 is 11.6 Å². The monoisotopic (exact) mass is 552 g/mol. The molecule has 1 aliphatic carbocycles. The van der Waals surface area contributed by atoms with Gasteiger partial charge in [0.25, 0.3) is 0 Å². The molecule has 2 unspecified atom stereocenters. The van der Waals surface area contributed by atoms with E-state index in [1.807, 2.05) is 12.1 Å². The number of halogens is 4. The van der Waals surface area contributed by atoms with Gasteiger partial charge in [0.15, 0.2) is 5.78 Å². The number of para-hydroxylation sites is 2. The number of fused-ring (bicyclic) bond motifs is 1. The predicted molar refractivity (Wildman–Crippen MR) is 147 cm³/mol. The molecule has 0 saturated heterocycles. The molecule has 3 aromatic carbocycles. The molecular formula is C31H28ClF3N2O2. The number of carbonyl (C=O) groups excluding carboxylic acids is 2. The van der Waals surface area contributed by atoms with Crippen LogP contribution in [-0.4, -0.2) is 17.9 Å². The van der Waals surface area contributed by atoms with Gasteiger partial charge in [-0.3, -0.25) is 14.5 Å². The average molecular weight is 553 g/mol. The largest absolute Gasteiger partial charge is 0.471 e. The van der Waals surface area contributed by atoms with Crippen LogP contribution in [0.15, 0.2) is 84.1 Å². The lowest BCUT2D eigenvalue weighted by molar-refractivity contribution is -0.170. The molecule has 0 bridgehead atoms. The van der Waals surface area contributed by atoms with Gasteiger partial charge in [-0.15, -0.1) is 0 Å². The molecule has 1 heterocycles. The van der Waals surface area contributed by atoms with E-state index >= 15 is 0 Å². The second-order valence-electron chi connectivity index (χ2n) is 11.0. The maximum atomic E-state index is 14.0. The standard InChI is InChI=1S/C31H28ClF3N2O2/c1-30(2,3)20-14-12-18(13-15-20)19-16-24-27(26(38)17-19)28(21-8-4-5-9-22(21)32)37(29(39)31(33,34)35)25-11-7-6-10-23(25)36-24/h4-15,19,28,36H,16-17H2,1-3H3. The Morgan fingerprint density at radius 3 is 2.21 bits per heavy atom. The lowest BCUT2D eigenvalue weighted by Crippen LogP contribution is -2.45. The molecule has 5 rings (SSSR count). The van der Waals surface area contributed by atoms with Crippen LogP contribution in [0.1, 0.15) is 62.3 Å². The van der Waals surface area contributed by atoms with E-state index in [1.165, 1.54) is 6.07 Å². The van der Waals surface area contributed by atoms with Crippen molar-refractivity contribution in [2.75, 3.05) is 10.2 Å². The number of hydrogen-bond acceptors (Lipinski definition) is 3. The van der Waals surface area contributed by atoms with Crippen LogP contribution in [0.5, 0.6) is 0 Å². The highest BCUT2D eigenvalue weighted by atomic mass is 35.5. The Morgan fingerprint density at radius 2 is 1.56 bits per heavy atom. The number of nitrogens with one attached hydrogen (secondary N) is 1. The summed E-state index contributed by atoms with van der Waals surface area (Å²) in [4.78, 5) is 27.6.